The third kappa shape index (κ3) is 3.86. The molecule has 0 aliphatic heterocycles. The first-order chi connectivity index (χ1) is 10.5. The Morgan fingerprint density at radius 1 is 1.32 bits per heavy atom. The number of benzene rings is 2. The summed E-state index contributed by atoms with van der Waals surface area (Å²) in [5.41, 5.74) is 0.264. The van der Waals surface area contributed by atoms with Crippen LogP contribution in [0.15, 0.2) is 42.5 Å². The molecule has 0 saturated heterocycles. The van der Waals surface area contributed by atoms with Crippen LogP contribution in [0.4, 0.5) is 16.2 Å². The molecule has 2 aromatic carbocycles. The van der Waals surface area contributed by atoms with E-state index in [9.17, 15) is 20.0 Å². The molecule has 0 aliphatic carbocycles. The highest BCUT2D eigenvalue weighted by molar-refractivity contribution is 6.33. The van der Waals surface area contributed by atoms with Crippen LogP contribution < -0.4 is 5.32 Å². The van der Waals surface area contributed by atoms with Crippen molar-refractivity contribution in [3.05, 3.63) is 63.2 Å². The highest BCUT2D eigenvalue weighted by Gasteiger charge is 2.18. The number of carbonyl (C=O) groups is 1. The Labute approximate surface area is 130 Å². The van der Waals surface area contributed by atoms with E-state index >= 15 is 0 Å². The molecule has 7 nitrogen and oxygen atoms in total. The lowest BCUT2D eigenvalue weighted by Gasteiger charge is -2.09. The van der Waals surface area contributed by atoms with E-state index in [2.05, 4.69) is 5.32 Å². The number of nitro benzene ring substituents is 1. The Bertz CT molecular complexity index is 706. The van der Waals surface area contributed by atoms with Crippen molar-refractivity contribution in [3.8, 4) is 5.75 Å². The predicted molar refractivity (Wildman–Crippen MR) is 80.0 cm³/mol. The molecule has 1 amide bonds. The van der Waals surface area contributed by atoms with Crippen LogP contribution in [-0.4, -0.2) is 16.1 Å². The first kappa shape index (κ1) is 15.6. The van der Waals surface area contributed by atoms with Crippen LogP contribution in [0.25, 0.3) is 0 Å². The third-order valence-electron chi connectivity index (χ3n) is 2.71. The maximum atomic E-state index is 11.6. The predicted octanol–water partition coefficient (Wildman–Crippen LogP) is 3.70. The van der Waals surface area contributed by atoms with Crippen molar-refractivity contribution in [2.24, 2.45) is 0 Å². The lowest BCUT2D eigenvalue weighted by Crippen LogP contribution is -2.13. The molecule has 22 heavy (non-hydrogen) atoms. The van der Waals surface area contributed by atoms with Crippen LogP contribution in [0.5, 0.6) is 5.75 Å². The molecule has 0 spiro atoms. The molecule has 8 heteroatoms. The molecule has 0 atom stereocenters. The Morgan fingerprint density at radius 3 is 2.64 bits per heavy atom. The van der Waals surface area contributed by atoms with Gasteiger partial charge in [0.15, 0.2) is 0 Å². The van der Waals surface area contributed by atoms with Gasteiger partial charge in [-0.3, -0.25) is 15.4 Å². The minimum Gasteiger partial charge on any atom is -0.506 e. The molecule has 2 aromatic rings. The van der Waals surface area contributed by atoms with Crippen molar-refractivity contribution in [3.63, 3.8) is 0 Å². The number of phenols is 1. The molecular formula is C14H11ClN2O5. The van der Waals surface area contributed by atoms with Gasteiger partial charge in [-0.2, -0.15) is 0 Å². The Morgan fingerprint density at radius 2 is 2.00 bits per heavy atom. The number of phenolic OH excluding ortho intramolecular Hbond substituents is 1. The first-order valence-electron chi connectivity index (χ1n) is 6.12. The van der Waals surface area contributed by atoms with Crippen LogP contribution in [0.2, 0.25) is 5.02 Å². The van der Waals surface area contributed by atoms with Crippen LogP contribution in [-0.2, 0) is 11.3 Å². The number of halogens is 1. The average Bonchev–Trinajstić information content (AvgIpc) is 2.49. The zero-order chi connectivity index (χ0) is 16.1. The van der Waals surface area contributed by atoms with E-state index in [4.69, 9.17) is 16.3 Å². The summed E-state index contributed by atoms with van der Waals surface area (Å²) in [7, 11) is 0. The van der Waals surface area contributed by atoms with E-state index < -0.39 is 22.5 Å². The normalized spacial score (nSPS) is 10.0. The molecule has 114 valence electrons. The average molecular weight is 323 g/mol. The van der Waals surface area contributed by atoms with Gasteiger partial charge in [0, 0.05) is 0 Å². The minimum absolute atomic E-state index is 0.0498. The monoisotopic (exact) mass is 322 g/mol. The highest BCUT2D eigenvalue weighted by atomic mass is 35.5. The molecule has 0 radical (unpaired) electrons. The SMILES string of the molecule is O=C(Nc1cc(Cl)c([N+](=O)[O-])cc1O)OCc1ccccc1. The number of anilines is 1. The number of hydrogen-bond acceptors (Lipinski definition) is 5. The Hall–Kier alpha value is -2.80. The zero-order valence-corrected chi connectivity index (χ0v) is 11.9. The minimum atomic E-state index is -0.816. The van der Waals surface area contributed by atoms with Crippen LogP contribution in [0.1, 0.15) is 5.56 Å². The number of aromatic hydroxyl groups is 1. The van der Waals surface area contributed by atoms with Gasteiger partial charge in [0.2, 0.25) is 0 Å². The van der Waals surface area contributed by atoms with Gasteiger partial charge in [-0.25, -0.2) is 4.79 Å². The van der Waals surface area contributed by atoms with Crippen LogP contribution in [0.3, 0.4) is 0 Å². The fourth-order valence-electron chi connectivity index (χ4n) is 1.66. The van der Waals surface area contributed by atoms with E-state index in [1.807, 2.05) is 6.07 Å². The number of amides is 1. The molecule has 0 saturated carbocycles. The number of nitro groups is 1. The summed E-state index contributed by atoms with van der Waals surface area (Å²) in [5.74, 6) is -0.479. The van der Waals surface area contributed by atoms with E-state index in [-0.39, 0.29) is 17.3 Å². The summed E-state index contributed by atoms with van der Waals surface area (Å²) in [6, 6.07) is 11.0. The molecule has 0 unspecified atom stereocenters. The van der Waals surface area contributed by atoms with E-state index in [1.54, 1.807) is 24.3 Å². The third-order valence-corrected chi connectivity index (χ3v) is 3.01. The van der Waals surface area contributed by atoms with Crippen molar-refractivity contribution in [2.45, 2.75) is 6.61 Å². The van der Waals surface area contributed by atoms with Gasteiger partial charge in [0.05, 0.1) is 16.7 Å². The van der Waals surface area contributed by atoms with Crippen LogP contribution >= 0.6 is 11.6 Å². The summed E-state index contributed by atoms with van der Waals surface area (Å²) in [6.45, 7) is 0.0498. The van der Waals surface area contributed by atoms with E-state index in [0.717, 1.165) is 17.7 Å². The van der Waals surface area contributed by atoms with Crippen molar-refractivity contribution in [1.82, 2.24) is 0 Å². The maximum absolute atomic E-state index is 11.6. The molecule has 0 heterocycles. The van der Waals surface area contributed by atoms with E-state index in [1.165, 1.54) is 0 Å². The number of nitrogens with one attached hydrogen (secondary N) is 1. The number of rotatable bonds is 4. The number of nitrogens with zero attached hydrogens (tertiary/aromatic N) is 1. The van der Waals surface area contributed by atoms with Crippen molar-refractivity contribution < 1.29 is 19.6 Å². The van der Waals surface area contributed by atoms with Gasteiger partial charge in [-0.1, -0.05) is 41.9 Å². The van der Waals surface area contributed by atoms with Gasteiger partial charge in [0.25, 0.3) is 5.69 Å². The van der Waals surface area contributed by atoms with Crippen molar-refractivity contribution in [1.29, 1.82) is 0 Å². The summed E-state index contributed by atoms with van der Waals surface area (Å²) in [4.78, 5) is 21.6. The lowest BCUT2D eigenvalue weighted by atomic mass is 10.2. The number of carbonyl (C=O) groups excluding carboxylic acids is 1. The van der Waals surface area contributed by atoms with Gasteiger partial charge in [0.1, 0.15) is 17.4 Å². The zero-order valence-electron chi connectivity index (χ0n) is 11.2. The Balaban J connectivity index is 2.02. The maximum Gasteiger partial charge on any atom is 0.412 e. The Kier molecular flexibility index (Phi) is 4.80. The summed E-state index contributed by atoms with van der Waals surface area (Å²) in [6.07, 6.45) is -0.816. The molecular weight excluding hydrogens is 312 g/mol. The topological polar surface area (TPSA) is 102 Å². The van der Waals surface area contributed by atoms with Crippen molar-refractivity contribution >= 4 is 29.1 Å². The fraction of sp³-hybridized carbons (Fsp3) is 0.0714. The molecule has 2 N–H and O–H groups in total. The number of ether oxygens (including phenoxy) is 1. The van der Waals surface area contributed by atoms with Crippen molar-refractivity contribution in [2.75, 3.05) is 5.32 Å². The quantitative estimate of drug-likeness (QED) is 0.507. The first-order valence-corrected chi connectivity index (χ1v) is 6.50. The van der Waals surface area contributed by atoms with Gasteiger partial charge in [-0.15, -0.1) is 0 Å². The van der Waals surface area contributed by atoms with Crippen LogP contribution in [0, 0.1) is 10.1 Å². The summed E-state index contributed by atoms with van der Waals surface area (Å²) < 4.78 is 4.97. The summed E-state index contributed by atoms with van der Waals surface area (Å²) in [5, 5.41) is 22.4. The molecule has 0 aliphatic rings. The number of hydrogen-bond donors (Lipinski definition) is 2. The van der Waals surface area contributed by atoms with E-state index in [0.29, 0.717) is 0 Å². The summed E-state index contributed by atoms with van der Waals surface area (Å²) >= 11 is 5.71. The van der Waals surface area contributed by atoms with Gasteiger partial charge in [-0.05, 0) is 11.6 Å². The van der Waals surface area contributed by atoms with Gasteiger partial charge < -0.3 is 9.84 Å². The smallest absolute Gasteiger partial charge is 0.412 e. The second-order valence-corrected chi connectivity index (χ2v) is 4.67. The van der Waals surface area contributed by atoms with Gasteiger partial charge >= 0.3 is 6.09 Å². The molecule has 0 aromatic heterocycles. The second kappa shape index (κ2) is 6.77. The standard InChI is InChI=1S/C14H11ClN2O5/c15-10-6-11(13(18)7-12(10)17(20)21)16-14(19)22-8-9-4-2-1-3-5-9/h1-7,18H,8H2,(H,16,19). The largest absolute Gasteiger partial charge is 0.506 e. The lowest BCUT2D eigenvalue weighted by molar-refractivity contribution is -0.384. The second-order valence-electron chi connectivity index (χ2n) is 4.26. The fourth-order valence-corrected chi connectivity index (χ4v) is 1.89. The highest BCUT2D eigenvalue weighted by Crippen LogP contribution is 2.35. The molecule has 0 bridgehead atoms. The molecule has 0 fully saturated rings. The molecule has 2 rings (SSSR count).